The highest BCUT2D eigenvalue weighted by atomic mass is 35.5. The summed E-state index contributed by atoms with van der Waals surface area (Å²) in [6.45, 7) is 3.08. The molecule has 1 aromatic rings. The monoisotopic (exact) mass is 251 g/mol. The third kappa shape index (κ3) is 4.33. The van der Waals surface area contributed by atoms with Crippen LogP contribution >= 0.6 is 11.6 Å². The molecule has 0 fully saturated rings. The van der Waals surface area contributed by atoms with Gasteiger partial charge in [-0.05, 0) is 32.1 Å². The van der Waals surface area contributed by atoms with Gasteiger partial charge in [0.1, 0.15) is 5.76 Å². The van der Waals surface area contributed by atoms with Crippen LogP contribution < -0.4 is 5.32 Å². The second kappa shape index (κ2) is 6.11. The number of anilines is 1. The quantitative estimate of drug-likeness (QED) is 0.490. The molecule has 0 aliphatic heterocycles. The molecule has 1 rings (SSSR count). The highest BCUT2D eigenvalue weighted by Crippen LogP contribution is 2.13. The van der Waals surface area contributed by atoms with Gasteiger partial charge in [-0.3, -0.25) is 4.79 Å². The molecule has 0 unspecified atom stereocenters. The van der Waals surface area contributed by atoms with Gasteiger partial charge in [0.05, 0.1) is 5.57 Å². The summed E-state index contributed by atoms with van der Waals surface area (Å²) >= 11 is 5.70. The number of aliphatic hydroxyl groups excluding tert-OH is 1. The topological polar surface area (TPSA) is 49.3 Å². The molecule has 0 heterocycles. The first-order valence-corrected chi connectivity index (χ1v) is 5.48. The van der Waals surface area contributed by atoms with Gasteiger partial charge in [-0.2, -0.15) is 0 Å². The Hall–Kier alpha value is -1.74. The first-order valence-electron chi connectivity index (χ1n) is 5.10. The van der Waals surface area contributed by atoms with Crippen LogP contribution in [0.25, 0.3) is 0 Å². The molecule has 0 radical (unpaired) electrons. The smallest absolute Gasteiger partial charge is 0.259 e. The maximum atomic E-state index is 11.9. The largest absolute Gasteiger partial charge is 0.512 e. The first-order chi connectivity index (χ1) is 8.00. The molecule has 0 atom stereocenters. The van der Waals surface area contributed by atoms with Crippen molar-refractivity contribution in [1.29, 1.82) is 0 Å². The number of rotatable bonds is 3. The molecule has 4 heteroatoms. The van der Waals surface area contributed by atoms with E-state index in [9.17, 15) is 9.90 Å². The summed E-state index contributed by atoms with van der Waals surface area (Å²) in [5.74, 6) is -0.463. The Morgan fingerprint density at radius 3 is 2.35 bits per heavy atom. The van der Waals surface area contributed by atoms with Crippen LogP contribution in [0.2, 0.25) is 0 Å². The molecule has 0 saturated heterocycles. The van der Waals surface area contributed by atoms with Crippen molar-refractivity contribution in [1.82, 2.24) is 0 Å². The summed E-state index contributed by atoms with van der Waals surface area (Å²) in [5.41, 5.74) is 0.818. The van der Waals surface area contributed by atoms with Crippen LogP contribution in [0.5, 0.6) is 0 Å². The van der Waals surface area contributed by atoms with E-state index < -0.39 is 5.91 Å². The number of carbonyl (C=O) groups is 1. The molecule has 0 aromatic heterocycles. The van der Waals surface area contributed by atoms with E-state index in [4.69, 9.17) is 11.6 Å². The van der Waals surface area contributed by atoms with Crippen molar-refractivity contribution >= 4 is 23.2 Å². The standard InChI is InChI=1S/C13H14ClNO2/c1-9(14)8-12(10(2)16)13(17)15-11-6-4-3-5-7-11/h3-8,16H,1-2H3,(H,15,17)/b9-8+,12-10-. The first kappa shape index (κ1) is 13.3. The Labute approximate surface area is 105 Å². The second-order valence-corrected chi connectivity index (χ2v) is 4.15. The SMILES string of the molecule is C/C(O)=C(\C=C(/C)Cl)C(=O)Nc1ccccc1. The Morgan fingerprint density at radius 1 is 1.29 bits per heavy atom. The molecule has 0 saturated carbocycles. The molecule has 0 aliphatic rings. The molecular formula is C13H14ClNO2. The van der Waals surface area contributed by atoms with Gasteiger partial charge in [-0.25, -0.2) is 0 Å². The van der Waals surface area contributed by atoms with Crippen molar-refractivity contribution in [2.45, 2.75) is 13.8 Å². The minimum absolute atomic E-state index is 0.0709. The summed E-state index contributed by atoms with van der Waals surface area (Å²) in [6, 6.07) is 9.01. The fourth-order valence-electron chi connectivity index (χ4n) is 1.25. The Morgan fingerprint density at radius 2 is 1.88 bits per heavy atom. The van der Waals surface area contributed by atoms with Gasteiger partial charge in [0.2, 0.25) is 0 Å². The number of aliphatic hydroxyl groups is 1. The van der Waals surface area contributed by atoms with Crippen LogP contribution in [0, 0.1) is 0 Å². The molecule has 1 amide bonds. The van der Waals surface area contributed by atoms with E-state index in [2.05, 4.69) is 5.32 Å². The van der Waals surface area contributed by atoms with Crippen molar-refractivity contribution < 1.29 is 9.90 Å². The summed E-state index contributed by atoms with van der Waals surface area (Å²) in [7, 11) is 0. The van der Waals surface area contributed by atoms with Crippen molar-refractivity contribution in [2.24, 2.45) is 0 Å². The van der Waals surface area contributed by atoms with Crippen LogP contribution in [0.1, 0.15) is 13.8 Å². The third-order valence-corrected chi connectivity index (χ3v) is 2.12. The molecule has 1 aromatic carbocycles. The number of hydrogen-bond acceptors (Lipinski definition) is 2. The Bertz CT molecular complexity index is 456. The van der Waals surface area contributed by atoms with Crippen LogP contribution in [-0.2, 0) is 4.79 Å². The van der Waals surface area contributed by atoms with Crippen LogP contribution in [0.3, 0.4) is 0 Å². The van der Waals surface area contributed by atoms with Gasteiger partial charge in [-0.15, -0.1) is 0 Å². The maximum Gasteiger partial charge on any atom is 0.259 e. The van der Waals surface area contributed by atoms with E-state index in [-0.39, 0.29) is 11.3 Å². The minimum Gasteiger partial charge on any atom is -0.512 e. The van der Waals surface area contributed by atoms with Crippen molar-refractivity contribution in [3.05, 3.63) is 52.8 Å². The minimum atomic E-state index is -0.392. The second-order valence-electron chi connectivity index (χ2n) is 3.55. The summed E-state index contributed by atoms with van der Waals surface area (Å²) in [5, 5.41) is 12.5. The van der Waals surface area contributed by atoms with Crippen LogP contribution in [0.15, 0.2) is 52.8 Å². The van der Waals surface area contributed by atoms with Gasteiger partial charge in [0.15, 0.2) is 0 Å². The lowest BCUT2D eigenvalue weighted by molar-refractivity contribution is -0.112. The predicted molar refractivity (Wildman–Crippen MR) is 70.0 cm³/mol. The van der Waals surface area contributed by atoms with Crippen molar-refractivity contribution in [3.8, 4) is 0 Å². The number of para-hydroxylation sites is 1. The van der Waals surface area contributed by atoms with Crippen LogP contribution in [-0.4, -0.2) is 11.0 Å². The van der Waals surface area contributed by atoms with E-state index in [1.165, 1.54) is 13.0 Å². The summed E-state index contributed by atoms with van der Waals surface area (Å²) in [6.07, 6.45) is 1.43. The number of amides is 1. The molecule has 0 aliphatic carbocycles. The zero-order valence-corrected chi connectivity index (χ0v) is 10.5. The van der Waals surface area contributed by atoms with E-state index in [0.717, 1.165) is 0 Å². The fraction of sp³-hybridized carbons (Fsp3) is 0.154. The van der Waals surface area contributed by atoms with Gasteiger partial charge >= 0.3 is 0 Å². The van der Waals surface area contributed by atoms with Gasteiger partial charge < -0.3 is 10.4 Å². The number of carbonyl (C=O) groups excluding carboxylic acids is 1. The maximum absolute atomic E-state index is 11.9. The lowest BCUT2D eigenvalue weighted by Crippen LogP contribution is -2.14. The molecule has 0 spiro atoms. The number of halogens is 1. The third-order valence-electron chi connectivity index (χ3n) is 2.01. The average Bonchev–Trinajstić information content (AvgIpc) is 2.26. The highest BCUT2D eigenvalue weighted by molar-refractivity contribution is 6.29. The lowest BCUT2D eigenvalue weighted by Gasteiger charge is -2.06. The van der Waals surface area contributed by atoms with Gasteiger partial charge in [-0.1, -0.05) is 29.8 Å². The Balaban J connectivity index is 2.89. The van der Waals surface area contributed by atoms with E-state index >= 15 is 0 Å². The molecule has 2 N–H and O–H groups in total. The van der Waals surface area contributed by atoms with E-state index in [1.807, 2.05) is 18.2 Å². The van der Waals surface area contributed by atoms with Gasteiger partial charge in [0, 0.05) is 10.7 Å². The zero-order chi connectivity index (χ0) is 12.8. The van der Waals surface area contributed by atoms with Crippen molar-refractivity contribution in [2.75, 3.05) is 5.32 Å². The zero-order valence-electron chi connectivity index (χ0n) is 9.70. The summed E-state index contributed by atoms with van der Waals surface area (Å²) in [4.78, 5) is 11.9. The van der Waals surface area contributed by atoms with E-state index in [1.54, 1.807) is 19.1 Å². The van der Waals surface area contributed by atoms with E-state index in [0.29, 0.717) is 10.7 Å². The fourth-order valence-corrected chi connectivity index (χ4v) is 1.36. The Kier molecular flexibility index (Phi) is 4.79. The molecule has 90 valence electrons. The summed E-state index contributed by atoms with van der Waals surface area (Å²) < 4.78 is 0. The highest BCUT2D eigenvalue weighted by Gasteiger charge is 2.10. The number of hydrogen-bond donors (Lipinski definition) is 2. The van der Waals surface area contributed by atoms with Crippen LogP contribution in [0.4, 0.5) is 5.69 Å². The van der Waals surface area contributed by atoms with Crippen molar-refractivity contribution in [3.63, 3.8) is 0 Å². The molecule has 17 heavy (non-hydrogen) atoms. The lowest BCUT2D eigenvalue weighted by atomic mass is 10.2. The molecule has 3 nitrogen and oxygen atoms in total. The predicted octanol–water partition coefficient (Wildman–Crippen LogP) is 3.60. The average molecular weight is 252 g/mol. The van der Waals surface area contributed by atoms with Gasteiger partial charge in [0.25, 0.3) is 5.91 Å². The molecule has 0 bridgehead atoms. The molecular weight excluding hydrogens is 238 g/mol. The normalized spacial score (nSPS) is 13.0. The number of benzene rings is 1. The number of nitrogens with one attached hydrogen (secondary N) is 1. The number of allylic oxidation sites excluding steroid dienone is 2.